The van der Waals surface area contributed by atoms with Gasteiger partial charge in [-0.15, -0.1) is 0 Å². The van der Waals surface area contributed by atoms with E-state index < -0.39 is 0 Å². The zero-order chi connectivity index (χ0) is 49.0. The topological polar surface area (TPSA) is 35.9 Å². The van der Waals surface area contributed by atoms with Crippen molar-refractivity contribution in [2.45, 2.75) is 78.6 Å². The standard InChI is InChI=1S/C66H58N4O/c1-64(2,3)44-30-27-42(28-31-44)43-29-33-51-49-19-10-11-20-50(49)54-23-16-26-59-63(54)69(62-55(56(51)37-43)22-15-24-57(62)66(7,8)9)41-68(59)46-17-14-18-47(39-46)71-48-32-34-53-52-21-12-13-25-58(52)70(60(53)40-48)61-38-45(35-36-67-61)65(4,5)6/h10-40H,1-9H3. The first kappa shape index (κ1) is 44.2. The lowest BCUT2D eigenvalue weighted by Gasteiger charge is -2.26. The molecule has 0 radical (unpaired) electrons. The van der Waals surface area contributed by atoms with Crippen molar-refractivity contribution in [3.05, 3.63) is 211 Å². The molecule has 0 aliphatic carbocycles. The Morgan fingerprint density at radius 3 is 1.86 bits per heavy atom. The molecule has 0 bridgehead atoms. The van der Waals surface area contributed by atoms with Crippen molar-refractivity contribution in [2.75, 3.05) is 0 Å². The summed E-state index contributed by atoms with van der Waals surface area (Å²) in [5.41, 5.74) is 19.5. The summed E-state index contributed by atoms with van der Waals surface area (Å²) in [6.45, 7) is 20.5. The molecular weight excluding hydrogens is 865 g/mol. The predicted octanol–water partition coefficient (Wildman–Crippen LogP) is 16.9. The normalized spacial score (nSPS) is 12.6. The number of aromatic nitrogens is 4. The van der Waals surface area contributed by atoms with Crippen LogP contribution in [0.4, 0.5) is 0 Å². The van der Waals surface area contributed by atoms with Crippen LogP contribution < -0.4 is 9.30 Å². The molecule has 4 heterocycles. The number of hydrogen-bond donors (Lipinski definition) is 0. The first-order valence-electron chi connectivity index (χ1n) is 24.9. The Hall–Kier alpha value is -8.02. The van der Waals surface area contributed by atoms with Crippen LogP contribution in [0.2, 0.25) is 0 Å². The van der Waals surface area contributed by atoms with E-state index in [1.165, 1.54) is 55.5 Å². The second-order valence-corrected chi connectivity index (χ2v) is 22.3. The largest absolute Gasteiger partial charge is 0.458 e. The van der Waals surface area contributed by atoms with Crippen molar-refractivity contribution in [3.8, 4) is 73.2 Å². The van der Waals surface area contributed by atoms with E-state index in [2.05, 4.69) is 258 Å². The average molecular weight is 923 g/mol. The van der Waals surface area contributed by atoms with Gasteiger partial charge in [-0.05, 0) is 132 Å². The maximum atomic E-state index is 6.86. The molecule has 8 aromatic carbocycles. The molecule has 0 amide bonds. The van der Waals surface area contributed by atoms with Crippen LogP contribution in [0.1, 0.15) is 79.0 Å². The van der Waals surface area contributed by atoms with Crippen LogP contribution in [0, 0.1) is 6.33 Å². The maximum absolute atomic E-state index is 6.86. The summed E-state index contributed by atoms with van der Waals surface area (Å²) in [6, 6.07) is 66.3. The third-order valence-corrected chi connectivity index (χ3v) is 14.4. The number of benzene rings is 8. The Morgan fingerprint density at radius 2 is 1.08 bits per heavy atom. The molecule has 348 valence electrons. The van der Waals surface area contributed by atoms with Crippen LogP contribution in [0.15, 0.2) is 188 Å². The summed E-state index contributed by atoms with van der Waals surface area (Å²) in [5, 5.41) is 2.33. The van der Waals surface area contributed by atoms with Gasteiger partial charge in [-0.3, -0.25) is 13.7 Å². The first-order valence-corrected chi connectivity index (χ1v) is 24.9. The average Bonchev–Trinajstić information content (AvgIpc) is 3.92. The highest BCUT2D eigenvalue weighted by atomic mass is 16.5. The molecule has 11 aromatic rings. The molecule has 0 atom stereocenters. The molecule has 71 heavy (non-hydrogen) atoms. The Morgan fingerprint density at radius 1 is 0.451 bits per heavy atom. The summed E-state index contributed by atoms with van der Waals surface area (Å²) >= 11 is 0. The van der Waals surface area contributed by atoms with E-state index in [0.29, 0.717) is 0 Å². The highest BCUT2D eigenvalue weighted by Crippen LogP contribution is 2.46. The molecule has 0 saturated heterocycles. The fraction of sp³-hybridized carbons (Fsp3) is 0.182. The maximum Gasteiger partial charge on any atom is 0.269 e. The van der Waals surface area contributed by atoms with Gasteiger partial charge in [0.1, 0.15) is 17.3 Å². The number of pyridine rings is 1. The van der Waals surface area contributed by atoms with Crippen molar-refractivity contribution in [3.63, 3.8) is 0 Å². The lowest BCUT2D eigenvalue weighted by molar-refractivity contribution is -0.572. The van der Waals surface area contributed by atoms with Crippen molar-refractivity contribution in [1.82, 2.24) is 14.1 Å². The minimum Gasteiger partial charge on any atom is -0.458 e. The molecular formula is C66H58N4O. The van der Waals surface area contributed by atoms with Gasteiger partial charge in [-0.2, -0.15) is 0 Å². The second kappa shape index (κ2) is 16.3. The van der Waals surface area contributed by atoms with Crippen LogP contribution >= 0.6 is 0 Å². The van der Waals surface area contributed by atoms with E-state index in [1.54, 1.807) is 0 Å². The van der Waals surface area contributed by atoms with Gasteiger partial charge < -0.3 is 4.74 Å². The fourth-order valence-corrected chi connectivity index (χ4v) is 10.7. The number of para-hydroxylation sites is 3. The molecule has 12 rings (SSSR count). The van der Waals surface area contributed by atoms with Gasteiger partial charge in [-0.25, -0.2) is 4.98 Å². The summed E-state index contributed by atoms with van der Waals surface area (Å²) in [4.78, 5) is 4.91. The molecule has 0 spiro atoms. The molecule has 5 heteroatoms. The third-order valence-electron chi connectivity index (χ3n) is 14.4. The van der Waals surface area contributed by atoms with Crippen molar-refractivity contribution < 1.29 is 9.30 Å². The minimum absolute atomic E-state index is 0.0213. The molecule has 5 nitrogen and oxygen atoms in total. The molecule has 0 N–H and O–H groups in total. The van der Waals surface area contributed by atoms with Crippen LogP contribution in [-0.2, 0) is 16.2 Å². The van der Waals surface area contributed by atoms with Crippen LogP contribution in [0.25, 0.3) is 94.5 Å². The zero-order valence-electron chi connectivity index (χ0n) is 42.1. The quantitative estimate of drug-likeness (QED) is 0.127. The van der Waals surface area contributed by atoms with Crippen molar-refractivity contribution in [2.24, 2.45) is 0 Å². The molecule has 3 aromatic heterocycles. The number of fused-ring (bicyclic) bond motifs is 10. The predicted molar refractivity (Wildman–Crippen MR) is 294 cm³/mol. The van der Waals surface area contributed by atoms with E-state index in [9.17, 15) is 0 Å². The van der Waals surface area contributed by atoms with Crippen molar-refractivity contribution >= 4 is 32.8 Å². The highest BCUT2D eigenvalue weighted by Gasteiger charge is 2.29. The first-order chi connectivity index (χ1) is 34.1. The van der Waals surface area contributed by atoms with E-state index >= 15 is 0 Å². The van der Waals surface area contributed by atoms with Crippen LogP contribution in [0.3, 0.4) is 0 Å². The molecule has 0 fully saturated rings. The minimum atomic E-state index is -0.191. The van der Waals surface area contributed by atoms with Gasteiger partial charge in [0.15, 0.2) is 0 Å². The number of nitrogens with zero attached hydrogens (tertiary/aromatic N) is 4. The van der Waals surface area contributed by atoms with Crippen LogP contribution in [-0.4, -0.2) is 14.1 Å². The van der Waals surface area contributed by atoms with E-state index in [4.69, 9.17) is 9.72 Å². The molecule has 1 aliphatic rings. The SMILES string of the molecule is CC(C)(C)c1ccc(-c2ccc3c(c2)-c2cccc(C(C)(C)C)c2-[n+]2[c-]n(-c4cccc(Oc5ccc6c7ccccc7n(-c7cc(C(C)(C)C)ccn7)c6c5)c4)c4cccc(c42)-c2ccccc2-3)cc1. The molecule has 1 aliphatic heterocycles. The monoisotopic (exact) mass is 922 g/mol. The lowest BCUT2D eigenvalue weighted by atomic mass is 9.81. The number of ether oxygens (including phenoxy) is 1. The summed E-state index contributed by atoms with van der Waals surface area (Å²) in [5.74, 6) is 2.36. The Balaban J connectivity index is 1.02. The zero-order valence-corrected chi connectivity index (χ0v) is 42.1. The van der Waals surface area contributed by atoms with Crippen molar-refractivity contribution in [1.29, 1.82) is 0 Å². The van der Waals surface area contributed by atoms with Gasteiger partial charge in [0.05, 0.1) is 33.4 Å². The summed E-state index contributed by atoms with van der Waals surface area (Å²) < 4.78 is 13.7. The van der Waals surface area contributed by atoms with Gasteiger partial charge >= 0.3 is 0 Å². The Labute approximate surface area is 417 Å². The van der Waals surface area contributed by atoms with Gasteiger partial charge in [0.25, 0.3) is 6.33 Å². The van der Waals surface area contributed by atoms with E-state index in [1.807, 2.05) is 12.3 Å². The van der Waals surface area contributed by atoms with E-state index in [-0.39, 0.29) is 16.2 Å². The smallest absolute Gasteiger partial charge is 0.269 e. The van der Waals surface area contributed by atoms with Gasteiger partial charge in [0, 0.05) is 23.0 Å². The lowest BCUT2D eigenvalue weighted by Crippen LogP contribution is -2.35. The number of rotatable bonds is 5. The second-order valence-electron chi connectivity index (χ2n) is 22.3. The number of imidazole rings is 1. The molecule has 0 unspecified atom stereocenters. The Kier molecular flexibility index (Phi) is 10.1. The fourth-order valence-electron chi connectivity index (χ4n) is 10.7. The summed E-state index contributed by atoms with van der Waals surface area (Å²) in [6.07, 6.45) is 5.90. The van der Waals surface area contributed by atoms with E-state index in [0.717, 1.165) is 67.3 Å². The van der Waals surface area contributed by atoms with Crippen LogP contribution in [0.5, 0.6) is 11.5 Å². The molecule has 0 saturated carbocycles. The van der Waals surface area contributed by atoms with Gasteiger partial charge in [0.2, 0.25) is 0 Å². The van der Waals surface area contributed by atoms with Gasteiger partial charge in [-0.1, -0.05) is 184 Å². The number of hydrogen-bond acceptors (Lipinski definition) is 2. The summed E-state index contributed by atoms with van der Waals surface area (Å²) in [7, 11) is 0. The highest BCUT2D eigenvalue weighted by molar-refractivity contribution is 6.09. The Bertz CT molecular complexity index is 3900. The third kappa shape index (κ3) is 7.54.